The molecule has 1 aromatic heterocycles. The van der Waals surface area contributed by atoms with Gasteiger partial charge in [-0.3, -0.25) is 4.79 Å². The zero-order valence-electron chi connectivity index (χ0n) is 8.03. The first-order valence-corrected chi connectivity index (χ1v) is 5.35. The molecule has 5 heteroatoms. The van der Waals surface area contributed by atoms with Gasteiger partial charge in [-0.25, -0.2) is 4.98 Å². The van der Waals surface area contributed by atoms with Crippen LogP contribution in [0, 0.1) is 0 Å². The fourth-order valence-corrected chi connectivity index (χ4v) is 1.99. The van der Waals surface area contributed by atoms with Crippen LogP contribution in [0.4, 0.5) is 11.5 Å². The Hall–Kier alpha value is -1.29. The molecule has 1 aromatic rings. The standard InChI is InChI=1S/C10H10ClN3O/c11-8-4-3-7-10(13-8)14(6-1-2-6)5-9(15)12-7/h3-4,6H,1-2,5H2,(H,12,15). The second-order valence-corrected chi connectivity index (χ2v) is 4.30. The molecule has 3 rings (SSSR count). The number of nitrogens with one attached hydrogen (secondary N) is 1. The van der Waals surface area contributed by atoms with Crippen LogP contribution >= 0.6 is 11.6 Å². The van der Waals surface area contributed by atoms with Crippen LogP contribution in [0.25, 0.3) is 0 Å². The fraction of sp³-hybridized carbons (Fsp3) is 0.400. The van der Waals surface area contributed by atoms with Crippen molar-refractivity contribution in [2.45, 2.75) is 18.9 Å². The maximum absolute atomic E-state index is 11.4. The first kappa shape index (κ1) is 8.97. The number of nitrogens with zero attached hydrogens (tertiary/aromatic N) is 2. The van der Waals surface area contributed by atoms with Crippen molar-refractivity contribution in [2.24, 2.45) is 0 Å². The molecule has 0 atom stereocenters. The van der Waals surface area contributed by atoms with Crippen LogP contribution in [0.3, 0.4) is 0 Å². The van der Waals surface area contributed by atoms with Crippen LogP contribution in [0.1, 0.15) is 12.8 Å². The predicted molar refractivity (Wildman–Crippen MR) is 58.2 cm³/mol. The summed E-state index contributed by atoms with van der Waals surface area (Å²) in [5.74, 6) is 0.836. The molecule has 1 aliphatic carbocycles. The minimum atomic E-state index is 0.0264. The van der Waals surface area contributed by atoms with Crippen molar-refractivity contribution in [3.63, 3.8) is 0 Å². The van der Waals surface area contributed by atoms with Gasteiger partial charge in [0.25, 0.3) is 0 Å². The largest absolute Gasteiger partial charge is 0.343 e. The van der Waals surface area contributed by atoms with Gasteiger partial charge in [0.15, 0.2) is 5.82 Å². The lowest BCUT2D eigenvalue weighted by molar-refractivity contribution is -0.115. The monoisotopic (exact) mass is 223 g/mol. The molecule has 1 aliphatic heterocycles. The van der Waals surface area contributed by atoms with Crippen LogP contribution < -0.4 is 10.2 Å². The van der Waals surface area contributed by atoms with Crippen molar-refractivity contribution in [2.75, 3.05) is 16.8 Å². The summed E-state index contributed by atoms with van der Waals surface area (Å²) in [6.07, 6.45) is 2.28. The highest BCUT2D eigenvalue weighted by molar-refractivity contribution is 6.29. The number of fused-ring (bicyclic) bond motifs is 1. The summed E-state index contributed by atoms with van der Waals surface area (Å²) in [6, 6.07) is 3.97. The van der Waals surface area contributed by atoms with Crippen LogP contribution in [-0.4, -0.2) is 23.5 Å². The molecule has 0 radical (unpaired) electrons. The third-order valence-electron chi connectivity index (χ3n) is 2.69. The Labute approximate surface area is 92.2 Å². The van der Waals surface area contributed by atoms with E-state index in [9.17, 15) is 4.79 Å². The number of anilines is 2. The molecule has 1 saturated carbocycles. The number of hydrogen-bond acceptors (Lipinski definition) is 3. The summed E-state index contributed by atoms with van der Waals surface area (Å²) >= 11 is 5.85. The number of pyridine rings is 1. The molecular formula is C10H10ClN3O. The van der Waals surface area contributed by atoms with E-state index in [1.54, 1.807) is 12.1 Å². The molecule has 0 unspecified atom stereocenters. The number of rotatable bonds is 1. The average molecular weight is 224 g/mol. The second-order valence-electron chi connectivity index (χ2n) is 3.91. The summed E-state index contributed by atoms with van der Waals surface area (Å²) in [4.78, 5) is 17.7. The van der Waals surface area contributed by atoms with E-state index in [2.05, 4.69) is 10.3 Å². The molecule has 78 valence electrons. The molecule has 0 aromatic carbocycles. The molecule has 1 N–H and O–H groups in total. The van der Waals surface area contributed by atoms with Crippen molar-refractivity contribution in [1.29, 1.82) is 0 Å². The molecule has 2 aliphatic rings. The van der Waals surface area contributed by atoms with Crippen LogP contribution in [-0.2, 0) is 4.79 Å². The SMILES string of the molecule is O=C1CN(C2CC2)c2nc(Cl)ccc2N1. The Bertz CT molecular complexity index is 431. The third-order valence-corrected chi connectivity index (χ3v) is 2.90. The maximum atomic E-state index is 11.4. The Morgan fingerprint density at radius 1 is 1.47 bits per heavy atom. The zero-order chi connectivity index (χ0) is 10.4. The van der Waals surface area contributed by atoms with Crippen molar-refractivity contribution in [3.8, 4) is 0 Å². The molecule has 0 bridgehead atoms. The highest BCUT2D eigenvalue weighted by Crippen LogP contribution is 2.37. The summed E-state index contributed by atoms with van der Waals surface area (Å²) in [5.41, 5.74) is 0.766. The fourth-order valence-electron chi connectivity index (χ4n) is 1.85. The molecule has 1 amide bonds. The minimum absolute atomic E-state index is 0.0264. The first-order chi connectivity index (χ1) is 7.24. The van der Waals surface area contributed by atoms with Gasteiger partial charge in [0.1, 0.15) is 5.15 Å². The van der Waals surface area contributed by atoms with E-state index in [-0.39, 0.29) is 5.91 Å². The highest BCUT2D eigenvalue weighted by Gasteiger charge is 2.35. The molecule has 2 heterocycles. The number of amides is 1. The lowest BCUT2D eigenvalue weighted by Gasteiger charge is -2.29. The Balaban J connectivity index is 2.06. The number of aromatic nitrogens is 1. The van der Waals surface area contributed by atoms with Crippen molar-refractivity contribution in [3.05, 3.63) is 17.3 Å². The van der Waals surface area contributed by atoms with Gasteiger partial charge in [-0.2, -0.15) is 0 Å². The second kappa shape index (κ2) is 3.10. The van der Waals surface area contributed by atoms with Crippen LogP contribution in [0.5, 0.6) is 0 Å². The molecule has 4 nitrogen and oxygen atoms in total. The summed E-state index contributed by atoms with van der Waals surface area (Å²) in [6.45, 7) is 0.394. The Kier molecular flexibility index (Phi) is 1.85. The predicted octanol–water partition coefficient (Wildman–Crippen LogP) is 1.66. The highest BCUT2D eigenvalue weighted by atomic mass is 35.5. The van der Waals surface area contributed by atoms with Crippen molar-refractivity contribution in [1.82, 2.24) is 4.98 Å². The average Bonchev–Trinajstić information content (AvgIpc) is 3.01. The van der Waals surface area contributed by atoms with E-state index in [1.165, 1.54) is 0 Å². The van der Waals surface area contributed by atoms with E-state index in [1.807, 2.05) is 4.90 Å². The van der Waals surface area contributed by atoms with Gasteiger partial charge in [0, 0.05) is 6.04 Å². The number of halogens is 1. The molecule has 15 heavy (non-hydrogen) atoms. The van der Waals surface area contributed by atoms with Gasteiger partial charge in [-0.15, -0.1) is 0 Å². The third kappa shape index (κ3) is 1.55. The Morgan fingerprint density at radius 3 is 3.00 bits per heavy atom. The molecule has 1 fully saturated rings. The van der Waals surface area contributed by atoms with Gasteiger partial charge < -0.3 is 10.2 Å². The molecule has 0 spiro atoms. The lowest BCUT2D eigenvalue weighted by atomic mass is 10.2. The summed E-state index contributed by atoms with van der Waals surface area (Å²) in [5, 5.41) is 3.27. The van der Waals surface area contributed by atoms with Crippen LogP contribution in [0.15, 0.2) is 12.1 Å². The van der Waals surface area contributed by atoms with E-state index in [0.717, 1.165) is 24.3 Å². The summed E-state index contributed by atoms with van der Waals surface area (Å²) < 4.78 is 0. The lowest BCUT2D eigenvalue weighted by Crippen LogP contribution is -2.40. The van der Waals surface area contributed by atoms with Gasteiger partial charge >= 0.3 is 0 Å². The topological polar surface area (TPSA) is 45.2 Å². The van der Waals surface area contributed by atoms with Crippen LogP contribution in [0.2, 0.25) is 5.15 Å². The quantitative estimate of drug-likeness (QED) is 0.737. The summed E-state index contributed by atoms with van der Waals surface area (Å²) in [7, 11) is 0. The number of hydrogen-bond donors (Lipinski definition) is 1. The van der Waals surface area contributed by atoms with Gasteiger partial charge in [0.05, 0.1) is 12.2 Å². The van der Waals surface area contributed by atoms with Gasteiger partial charge in [0.2, 0.25) is 5.91 Å². The Morgan fingerprint density at radius 2 is 2.27 bits per heavy atom. The minimum Gasteiger partial charge on any atom is -0.343 e. The van der Waals surface area contributed by atoms with E-state index < -0.39 is 0 Å². The maximum Gasteiger partial charge on any atom is 0.244 e. The van der Waals surface area contributed by atoms with Crippen molar-refractivity contribution >= 4 is 29.0 Å². The zero-order valence-corrected chi connectivity index (χ0v) is 8.79. The normalized spacial score (nSPS) is 19.8. The molecule has 0 saturated heterocycles. The number of carbonyl (C=O) groups is 1. The number of carbonyl (C=O) groups excluding carboxylic acids is 1. The van der Waals surface area contributed by atoms with E-state index >= 15 is 0 Å². The van der Waals surface area contributed by atoms with E-state index in [0.29, 0.717) is 17.7 Å². The molecular weight excluding hydrogens is 214 g/mol. The van der Waals surface area contributed by atoms with Gasteiger partial charge in [-0.05, 0) is 25.0 Å². The smallest absolute Gasteiger partial charge is 0.244 e. The van der Waals surface area contributed by atoms with Crippen molar-refractivity contribution < 1.29 is 4.79 Å². The van der Waals surface area contributed by atoms with Gasteiger partial charge in [-0.1, -0.05) is 11.6 Å². The van der Waals surface area contributed by atoms with E-state index in [4.69, 9.17) is 11.6 Å². The first-order valence-electron chi connectivity index (χ1n) is 4.97.